The van der Waals surface area contributed by atoms with E-state index in [0.717, 1.165) is 24.9 Å². The van der Waals surface area contributed by atoms with Crippen LogP contribution in [0.5, 0.6) is 5.75 Å². The van der Waals surface area contributed by atoms with E-state index in [2.05, 4.69) is 37.4 Å². The Morgan fingerprint density at radius 1 is 1.29 bits per heavy atom. The van der Waals surface area contributed by atoms with Gasteiger partial charge in [-0.3, -0.25) is 0 Å². The molecule has 1 aliphatic rings. The fourth-order valence-electron chi connectivity index (χ4n) is 2.37. The summed E-state index contributed by atoms with van der Waals surface area (Å²) in [6.45, 7) is 7.51. The van der Waals surface area contributed by atoms with E-state index in [1.165, 1.54) is 31.2 Å². The molecule has 118 valence electrons. The Morgan fingerprint density at radius 3 is 2.90 bits per heavy atom. The normalized spacial score (nSPS) is 15.9. The van der Waals surface area contributed by atoms with Gasteiger partial charge in [0.25, 0.3) is 0 Å². The van der Waals surface area contributed by atoms with E-state index >= 15 is 0 Å². The summed E-state index contributed by atoms with van der Waals surface area (Å²) in [5.41, 5.74) is 1.29. The highest BCUT2D eigenvalue weighted by Crippen LogP contribution is 2.20. The summed E-state index contributed by atoms with van der Waals surface area (Å²) in [6.07, 6.45) is 5.10. The van der Waals surface area contributed by atoms with Gasteiger partial charge in [-0.1, -0.05) is 32.4 Å². The molecule has 1 fully saturated rings. The lowest BCUT2D eigenvalue weighted by Crippen LogP contribution is -2.15. The zero-order chi connectivity index (χ0) is 14.9. The molecule has 1 aromatic carbocycles. The van der Waals surface area contributed by atoms with Crippen molar-refractivity contribution in [2.45, 2.75) is 52.1 Å². The molecule has 0 heterocycles. The van der Waals surface area contributed by atoms with Gasteiger partial charge in [0.2, 0.25) is 0 Å². The van der Waals surface area contributed by atoms with Gasteiger partial charge in [0.05, 0.1) is 6.61 Å². The first kappa shape index (κ1) is 16.3. The zero-order valence-electron chi connectivity index (χ0n) is 13.4. The number of hydrogen-bond acceptors (Lipinski definition) is 3. The maximum absolute atomic E-state index is 5.76. The summed E-state index contributed by atoms with van der Waals surface area (Å²) in [6, 6.07) is 9.08. The first-order valence-electron chi connectivity index (χ1n) is 8.30. The number of benzene rings is 1. The fraction of sp³-hybridized carbons (Fsp3) is 0.667. The summed E-state index contributed by atoms with van der Waals surface area (Å²) in [7, 11) is 0. The van der Waals surface area contributed by atoms with Crippen molar-refractivity contribution in [3.05, 3.63) is 29.8 Å². The molecule has 1 N–H and O–H groups in total. The van der Waals surface area contributed by atoms with Gasteiger partial charge >= 0.3 is 0 Å². The third kappa shape index (κ3) is 6.96. The average Bonchev–Trinajstić information content (AvgIpc) is 3.30. The van der Waals surface area contributed by atoms with Crippen molar-refractivity contribution in [3.8, 4) is 5.75 Å². The van der Waals surface area contributed by atoms with E-state index in [1.807, 2.05) is 6.07 Å². The number of ether oxygens (including phenoxy) is 2. The summed E-state index contributed by atoms with van der Waals surface area (Å²) >= 11 is 0. The molecule has 0 saturated heterocycles. The minimum atomic E-state index is 0.623. The lowest BCUT2D eigenvalue weighted by atomic mass is 10.1. The van der Waals surface area contributed by atoms with E-state index in [0.29, 0.717) is 19.1 Å². The topological polar surface area (TPSA) is 30.5 Å². The Bertz CT molecular complexity index is 404. The molecule has 1 saturated carbocycles. The van der Waals surface area contributed by atoms with Crippen LogP contribution in [0.3, 0.4) is 0 Å². The predicted octanol–water partition coefficient (Wildman–Crippen LogP) is 3.77. The van der Waals surface area contributed by atoms with Crippen LogP contribution in [-0.2, 0) is 11.3 Å². The van der Waals surface area contributed by atoms with Crippen molar-refractivity contribution in [1.29, 1.82) is 0 Å². The van der Waals surface area contributed by atoms with Gasteiger partial charge in [-0.15, -0.1) is 0 Å². The molecule has 1 atom stereocenters. The van der Waals surface area contributed by atoms with Crippen molar-refractivity contribution in [1.82, 2.24) is 5.32 Å². The monoisotopic (exact) mass is 291 g/mol. The van der Waals surface area contributed by atoms with Crippen molar-refractivity contribution in [3.63, 3.8) is 0 Å². The second kappa shape index (κ2) is 9.06. The average molecular weight is 291 g/mol. The smallest absolute Gasteiger partial charge is 0.119 e. The molecule has 0 aromatic heterocycles. The second-order valence-electron chi connectivity index (χ2n) is 6.12. The first-order chi connectivity index (χ1) is 10.3. The quantitative estimate of drug-likeness (QED) is 0.630. The Balaban J connectivity index is 1.60. The summed E-state index contributed by atoms with van der Waals surface area (Å²) in [5, 5.41) is 3.52. The Labute approximate surface area is 129 Å². The number of nitrogens with one attached hydrogen (secondary N) is 1. The molecule has 0 spiro atoms. The maximum atomic E-state index is 5.76. The van der Waals surface area contributed by atoms with Gasteiger partial charge in [0, 0.05) is 19.2 Å². The molecule has 3 nitrogen and oxygen atoms in total. The van der Waals surface area contributed by atoms with E-state index in [-0.39, 0.29) is 0 Å². The third-order valence-corrected chi connectivity index (χ3v) is 3.75. The molecule has 21 heavy (non-hydrogen) atoms. The van der Waals surface area contributed by atoms with Gasteiger partial charge in [0.15, 0.2) is 0 Å². The highest BCUT2D eigenvalue weighted by molar-refractivity contribution is 5.28. The second-order valence-corrected chi connectivity index (χ2v) is 6.12. The van der Waals surface area contributed by atoms with Gasteiger partial charge in [-0.05, 0) is 42.9 Å². The van der Waals surface area contributed by atoms with Gasteiger partial charge in [0.1, 0.15) is 12.4 Å². The van der Waals surface area contributed by atoms with E-state index in [4.69, 9.17) is 9.47 Å². The fourth-order valence-corrected chi connectivity index (χ4v) is 2.37. The van der Waals surface area contributed by atoms with Crippen LogP contribution in [0.25, 0.3) is 0 Å². The Morgan fingerprint density at radius 2 is 2.14 bits per heavy atom. The largest absolute Gasteiger partial charge is 0.491 e. The van der Waals surface area contributed by atoms with Crippen LogP contribution < -0.4 is 10.1 Å². The molecule has 1 unspecified atom stereocenters. The van der Waals surface area contributed by atoms with Crippen LogP contribution in [0, 0.1) is 5.92 Å². The van der Waals surface area contributed by atoms with Crippen LogP contribution >= 0.6 is 0 Å². The van der Waals surface area contributed by atoms with Crippen LogP contribution in [0.15, 0.2) is 24.3 Å². The van der Waals surface area contributed by atoms with Crippen LogP contribution in [-0.4, -0.2) is 25.9 Å². The highest BCUT2D eigenvalue weighted by Gasteiger charge is 2.19. The zero-order valence-corrected chi connectivity index (χ0v) is 13.4. The lowest BCUT2D eigenvalue weighted by molar-refractivity contribution is 0.0758. The predicted molar refractivity (Wildman–Crippen MR) is 86.7 cm³/mol. The summed E-state index contributed by atoms with van der Waals surface area (Å²) in [5.74, 6) is 1.59. The summed E-state index contributed by atoms with van der Waals surface area (Å²) in [4.78, 5) is 0. The van der Waals surface area contributed by atoms with Crippen molar-refractivity contribution >= 4 is 0 Å². The van der Waals surface area contributed by atoms with E-state index in [9.17, 15) is 0 Å². The Hall–Kier alpha value is -1.06. The molecule has 0 amide bonds. The van der Waals surface area contributed by atoms with Crippen LogP contribution in [0.2, 0.25) is 0 Å². The van der Waals surface area contributed by atoms with E-state index < -0.39 is 0 Å². The summed E-state index contributed by atoms with van der Waals surface area (Å²) < 4.78 is 11.4. The molecular weight excluding hydrogens is 262 g/mol. The van der Waals surface area contributed by atoms with Crippen molar-refractivity contribution in [2.24, 2.45) is 5.92 Å². The maximum Gasteiger partial charge on any atom is 0.119 e. The minimum Gasteiger partial charge on any atom is -0.491 e. The van der Waals surface area contributed by atoms with Gasteiger partial charge in [-0.25, -0.2) is 0 Å². The van der Waals surface area contributed by atoms with Crippen molar-refractivity contribution in [2.75, 3.05) is 19.8 Å². The highest BCUT2D eigenvalue weighted by atomic mass is 16.5. The first-order valence-corrected chi connectivity index (χ1v) is 8.30. The lowest BCUT2D eigenvalue weighted by Gasteiger charge is -2.12. The molecule has 0 radical (unpaired) electrons. The SMILES string of the molecule is CCCC(C)COCCOc1cccc(CNC2CC2)c1. The van der Waals surface area contributed by atoms with Crippen molar-refractivity contribution < 1.29 is 9.47 Å². The molecule has 2 rings (SSSR count). The standard InChI is InChI=1S/C18H29NO2/c1-3-5-15(2)14-20-10-11-21-18-7-4-6-16(12-18)13-19-17-8-9-17/h4,6-7,12,15,17,19H,3,5,8-11,13-14H2,1-2H3. The molecule has 0 aliphatic heterocycles. The molecule has 3 heteroatoms. The third-order valence-electron chi connectivity index (χ3n) is 3.75. The van der Waals surface area contributed by atoms with E-state index in [1.54, 1.807) is 0 Å². The van der Waals surface area contributed by atoms with Gasteiger partial charge < -0.3 is 14.8 Å². The van der Waals surface area contributed by atoms with Gasteiger partial charge in [-0.2, -0.15) is 0 Å². The molecule has 1 aliphatic carbocycles. The Kier molecular flexibility index (Phi) is 7.04. The minimum absolute atomic E-state index is 0.623. The molecular formula is C18H29NO2. The molecule has 1 aromatic rings. The number of rotatable bonds is 11. The number of hydrogen-bond donors (Lipinski definition) is 1. The van der Waals surface area contributed by atoms with Crippen LogP contribution in [0.4, 0.5) is 0 Å². The molecule has 0 bridgehead atoms. The van der Waals surface area contributed by atoms with Crippen LogP contribution in [0.1, 0.15) is 45.1 Å².